The van der Waals surface area contributed by atoms with Crippen LogP contribution in [0.25, 0.3) is 0 Å². The topological polar surface area (TPSA) is 55.1 Å². The second-order valence-electron chi connectivity index (χ2n) is 2.69. The van der Waals surface area contributed by atoms with E-state index < -0.39 is 12.1 Å². The molecule has 0 bridgehead atoms. The van der Waals surface area contributed by atoms with Crippen molar-refractivity contribution >= 4 is 28.9 Å². The van der Waals surface area contributed by atoms with Crippen LogP contribution in [0, 0.1) is 0 Å². The lowest BCUT2D eigenvalue weighted by Crippen LogP contribution is -2.29. The lowest BCUT2D eigenvalue weighted by atomic mass is 10.3. The fourth-order valence-corrected chi connectivity index (χ4v) is 0.941. The average molecular weight is 239 g/mol. The summed E-state index contributed by atoms with van der Waals surface area (Å²) in [5.74, 6) is -2.05. The molecule has 0 fully saturated rings. The maximum absolute atomic E-state index is 11.8. The van der Waals surface area contributed by atoms with Crippen LogP contribution in [0.1, 0.15) is 0 Å². The molecule has 15 heavy (non-hydrogen) atoms. The fraction of sp³-hybridized carbons (Fsp3) is 0.125. The molecular formula is C8H6ClF3N2O. The Labute approximate surface area is 88.0 Å². The molecular weight excluding hydrogens is 233 g/mol. The molecule has 0 atom stereocenters. The summed E-state index contributed by atoms with van der Waals surface area (Å²) in [6, 6.07) is 3.66. The van der Waals surface area contributed by atoms with Crippen molar-refractivity contribution in [3.63, 3.8) is 0 Å². The quantitative estimate of drug-likeness (QED) is 0.739. The maximum Gasteiger partial charge on any atom is 0.471 e. The molecule has 0 aliphatic carbocycles. The predicted molar refractivity (Wildman–Crippen MR) is 50.5 cm³/mol. The molecule has 1 aromatic carbocycles. The summed E-state index contributed by atoms with van der Waals surface area (Å²) in [6.07, 6.45) is -4.92. The molecule has 0 aliphatic rings. The smallest absolute Gasteiger partial charge is 0.397 e. The highest BCUT2D eigenvalue weighted by atomic mass is 35.5. The molecule has 0 aliphatic heterocycles. The van der Waals surface area contributed by atoms with E-state index in [1.807, 2.05) is 0 Å². The van der Waals surface area contributed by atoms with Crippen molar-refractivity contribution in [2.45, 2.75) is 6.18 Å². The van der Waals surface area contributed by atoms with Crippen molar-refractivity contribution in [3.8, 4) is 0 Å². The number of carbonyl (C=O) groups excluding carboxylic acids is 1. The van der Waals surface area contributed by atoms with Crippen LogP contribution in [0.4, 0.5) is 24.5 Å². The third-order valence-electron chi connectivity index (χ3n) is 1.51. The normalized spacial score (nSPS) is 11.2. The number of anilines is 2. The number of nitrogens with two attached hydrogens (primary N) is 1. The molecule has 0 saturated heterocycles. The van der Waals surface area contributed by atoms with Gasteiger partial charge in [0.25, 0.3) is 0 Å². The van der Waals surface area contributed by atoms with E-state index in [-0.39, 0.29) is 16.4 Å². The van der Waals surface area contributed by atoms with Gasteiger partial charge in [0.1, 0.15) is 0 Å². The van der Waals surface area contributed by atoms with Crippen LogP contribution in [0.5, 0.6) is 0 Å². The lowest BCUT2D eigenvalue weighted by molar-refractivity contribution is -0.167. The highest BCUT2D eigenvalue weighted by Gasteiger charge is 2.38. The number of nitrogens with one attached hydrogen (secondary N) is 1. The molecule has 1 amide bonds. The molecule has 0 saturated carbocycles. The molecule has 1 aromatic rings. The second-order valence-corrected chi connectivity index (χ2v) is 3.10. The van der Waals surface area contributed by atoms with Gasteiger partial charge >= 0.3 is 12.1 Å². The molecule has 0 unspecified atom stereocenters. The van der Waals surface area contributed by atoms with Crippen LogP contribution in [-0.2, 0) is 4.79 Å². The maximum atomic E-state index is 11.8. The summed E-state index contributed by atoms with van der Waals surface area (Å²) in [5, 5.41) is 1.86. The van der Waals surface area contributed by atoms with E-state index in [4.69, 9.17) is 17.3 Å². The minimum Gasteiger partial charge on any atom is -0.397 e. The van der Waals surface area contributed by atoms with Crippen LogP contribution < -0.4 is 11.1 Å². The third kappa shape index (κ3) is 3.02. The minimum absolute atomic E-state index is 0.0563. The third-order valence-corrected chi connectivity index (χ3v) is 1.86. The summed E-state index contributed by atoms with van der Waals surface area (Å²) >= 11 is 5.55. The number of nitrogen functional groups attached to an aromatic ring is 1. The Morgan fingerprint density at radius 2 is 2.00 bits per heavy atom. The average Bonchev–Trinajstić information content (AvgIpc) is 2.10. The predicted octanol–water partition coefficient (Wildman–Crippen LogP) is 2.42. The second kappa shape index (κ2) is 3.98. The van der Waals surface area contributed by atoms with Gasteiger partial charge in [-0.1, -0.05) is 11.6 Å². The highest BCUT2D eigenvalue weighted by Crippen LogP contribution is 2.24. The van der Waals surface area contributed by atoms with Gasteiger partial charge < -0.3 is 11.1 Å². The Morgan fingerprint density at radius 3 is 2.47 bits per heavy atom. The number of rotatable bonds is 1. The summed E-state index contributed by atoms with van der Waals surface area (Å²) < 4.78 is 35.5. The molecule has 0 aromatic heterocycles. The zero-order valence-corrected chi connectivity index (χ0v) is 7.99. The zero-order chi connectivity index (χ0) is 11.6. The van der Waals surface area contributed by atoms with E-state index in [1.165, 1.54) is 12.1 Å². The number of carbonyl (C=O) groups is 1. The lowest BCUT2D eigenvalue weighted by Gasteiger charge is -2.08. The van der Waals surface area contributed by atoms with Gasteiger partial charge in [0.2, 0.25) is 0 Å². The summed E-state index contributed by atoms with van der Waals surface area (Å²) in [7, 11) is 0. The Morgan fingerprint density at radius 1 is 1.40 bits per heavy atom. The zero-order valence-electron chi connectivity index (χ0n) is 7.23. The van der Waals surface area contributed by atoms with E-state index in [2.05, 4.69) is 0 Å². The van der Waals surface area contributed by atoms with E-state index in [0.29, 0.717) is 0 Å². The Bertz CT molecular complexity index is 392. The van der Waals surface area contributed by atoms with Crippen LogP contribution in [0.15, 0.2) is 18.2 Å². The van der Waals surface area contributed by atoms with Crippen LogP contribution in [-0.4, -0.2) is 12.1 Å². The van der Waals surface area contributed by atoms with Gasteiger partial charge in [-0.2, -0.15) is 13.2 Å². The van der Waals surface area contributed by atoms with E-state index in [0.717, 1.165) is 6.07 Å². The summed E-state index contributed by atoms with van der Waals surface area (Å²) in [5.41, 5.74) is 5.38. The first kappa shape index (κ1) is 11.6. The Kier molecular flexibility index (Phi) is 3.09. The SMILES string of the molecule is Nc1cc(NC(=O)C(F)(F)F)ccc1Cl. The first-order chi connectivity index (χ1) is 6.80. The summed E-state index contributed by atoms with van der Waals surface area (Å²) in [4.78, 5) is 10.5. The number of amides is 1. The van der Waals surface area contributed by atoms with Gasteiger partial charge in [0.15, 0.2) is 0 Å². The van der Waals surface area contributed by atoms with E-state index in [9.17, 15) is 18.0 Å². The van der Waals surface area contributed by atoms with Gasteiger partial charge in [0.05, 0.1) is 10.7 Å². The van der Waals surface area contributed by atoms with Crippen molar-refractivity contribution < 1.29 is 18.0 Å². The Balaban J connectivity index is 2.83. The molecule has 0 radical (unpaired) electrons. The molecule has 3 N–H and O–H groups in total. The van der Waals surface area contributed by atoms with Crippen molar-refractivity contribution in [2.75, 3.05) is 11.1 Å². The van der Waals surface area contributed by atoms with Gasteiger partial charge in [-0.05, 0) is 18.2 Å². The highest BCUT2D eigenvalue weighted by molar-refractivity contribution is 6.33. The van der Waals surface area contributed by atoms with Crippen molar-refractivity contribution in [3.05, 3.63) is 23.2 Å². The van der Waals surface area contributed by atoms with E-state index in [1.54, 1.807) is 5.32 Å². The number of benzene rings is 1. The number of hydrogen-bond donors (Lipinski definition) is 2. The van der Waals surface area contributed by atoms with Crippen LogP contribution in [0.3, 0.4) is 0 Å². The molecule has 7 heteroatoms. The van der Waals surface area contributed by atoms with Crippen LogP contribution in [0.2, 0.25) is 5.02 Å². The van der Waals surface area contributed by atoms with Gasteiger partial charge in [0, 0.05) is 5.69 Å². The van der Waals surface area contributed by atoms with Gasteiger partial charge in [-0.15, -0.1) is 0 Å². The largest absolute Gasteiger partial charge is 0.471 e. The van der Waals surface area contributed by atoms with Crippen molar-refractivity contribution in [1.29, 1.82) is 0 Å². The first-order valence-corrected chi connectivity index (χ1v) is 4.11. The number of halogens is 4. The minimum atomic E-state index is -4.92. The standard InChI is InChI=1S/C8H6ClF3N2O/c9-5-2-1-4(3-6(5)13)14-7(15)8(10,11)12/h1-3H,13H2,(H,14,15). The molecule has 82 valence electrons. The molecule has 1 rings (SSSR count). The first-order valence-electron chi connectivity index (χ1n) is 3.74. The van der Waals surface area contributed by atoms with E-state index >= 15 is 0 Å². The van der Waals surface area contributed by atoms with Gasteiger partial charge in [-0.25, -0.2) is 0 Å². The fourth-order valence-electron chi connectivity index (χ4n) is 0.823. The number of hydrogen-bond acceptors (Lipinski definition) is 2. The Hall–Kier alpha value is -1.43. The van der Waals surface area contributed by atoms with Crippen molar-refractivity contribution in [1.82, 2.24) is 0 Å². The van der Waals surface area contributed by atoms with Crippen LogP contribution >= 0.6 is 11.6 Å². The monoisotopic (exact) mass is 238 g/mol. The number of alkyl halides is 3. The van der Waals surface area contributed by atoms with Crippen molar-refractivity contribution in [2.24, 2.45) is 0 Å². The molecule has 0 heterocycles. The summed E-state index contributed by atoms with van der Waals surface area (Å²) in [6.45, 7) is 0. The van der Waals surface area contributed by atoms with Gasteiger partial charge in [-0.3, -0.25) is 4.79 Å². The molecule has 0 spiro atoms. The molecule has 3 nitrogen and oxygen atoms in total.